The first-order valence-corrected chi connectivity index (χ1v) is 11.2. The highest BCUT2D eigenvalue weighted by molar-refractivity contribution is 5.64. The largest absolute Gasteiger partial charge is 0.378 e. The van der Waals surface area contributed by atoms with Crippen LogP contribution in [0.5, 0.6) is 0 Å². The van der Waals surface area contributed by atoms with Crippen molar-refractivity contribution in [3.63, 3.8) is 0 Å². The molecule has 0 bridgehead atoms. The number of ether oxygens (including phenoxy) is 1. The second kappa shape index (κ2) is 8.88. The molecule has 1 aromatic heterocycles. The molecule has 1 N–H and O–H groups in total. The molecule has 0 amide bonds. The average molecular weight is 437 g/mol. The Morgan fingerprint density at radius 3 is 2.53 bits per heavy atom. The number of nitrogens with zero attached hydrogens (tertiary/aromatic N) is 5. The van der Waals surface area contributed by atoms with Gasteiger partial charge in [0.2, 0.25) is 5.95 Å². The van der Waals surface area contributed by atoms with Gasteiger partial charge in [0.05, 0.1) is 24.9 Å². The zero-order chi connectivity index (χ0) is 22.1. The van der Waals surface area contributed by atoms with Crippen LogP contribution in [0.1, 0.15) is 25.3 Å². The molecule has 3 aromatic rings. The maximum Gasteiger partial charge on any atom is 0.246 e. The van der Waals surface area contributed by atoms with Crippen LogP contribution >= 0.6 is 0 Å². The van der Waals surface area contributed by atoms with E-state index in [-0.39, 0.29) is 5.82 Å². The first-order valence-electron chi connectivity index (χ1n) is 11.2. The van der Waals surface area contributed by atoms with E-state index in [2.05, 4.69) is 57.2 Å². The maximum atomic E-state index is 13.5. The zero-order valence-corrected chi connectivity index (χ0v) is 18.5. The molecule has 2 saturated heterocycles. The number of aromatic nitrogens is 3. The lowest BCUT2D eigenvalue weighted by Crippen LogP contribution is -2.56. The molecule has 3 heterocycles. The van der Waals surface area contributed by atoms with E-state index in [4.69, 9.17) is 4.74 Å². The number of nitrogens with one attached hydrogen (secondary N) is 1. The number of anilines is 3. The predicted molar refractivity (Wildman–Crippen MR) is 124 cm³/mol. The summed E-state index contributed by atoms with van der Waals surface area (Å²) in [6.07, 6.45) is 1.59. The molecule has 0 atom stereocenters. The van der Waals surface area contributed by atoms with Crippen molar-refractivity contribution < 1.29 is 9.13 Å². The Balaban J connectivity index is 1.33. The monoisotopic (exact) mass is 436 g/mol. The molecular weight excluding hydrogens is 407 g/mol. The summed E-state index contributed by atoms with van der Waals surface area (Å²) in [7, 11) is 0. The van der Waals surface area contributed by atoms with E-state index in [1.54, 1.807) is 23.1 Å². The zero-order valence-electron chi connectivity index (χ0n) is 18.5. The lowest BCUT2D eigenvalue weighted by molar-refractivity contribution is -0.0660. The molecule has 5 rings (SSSR count). The third-order valence-electron chi connectivity index (χ3n) is 6.24. The van der Waals surface area contributed by atoms with Crippen LogP contribution in [0.25, 0.3) is 5.69 Å². The Morgan fingerprint density at radius 2 is 1.84 bits per heavy atom. The molecule has 0 saturated carbocycles. The van der Waals surface area contributed by atoms with Crippen molar-refractivity contribution in [3.8, 4) is 5.69 Å². The number of piperazine rings is 1. The highest BCUT2D eigenvalue weighted by atomic mass is 19.1. The predicted octanol–water partition coefficient (Wildman–Crippen LogP) is 3.79. The van der Waals surface area contributed by atoms with E-state index >= 15 is 0 Å². The first kappa shape index (κ1) is 20.9. The van der Waals surface area contributed by atoms with Crippen LogP contribution in [0.4, 0.5) is 21.7 Å². The summed E-state index contributed by atoms with van der Waals surface area (Å²) in [4.78, 5) is 9.35. The van der Waals surface area contributed by atoms with Gasteiger partial charge in [-0.15, -0.1) is 5.10 Å². The van der Waals surface area contributed by atoms with Crippen molar-refractivity contribution in [2.24, 2.45) is 0 Å². The lowest BCUT2D eigenvalue weighted by Gasteiger charge is -2.43. The highest BCUT2D eigenvalue weighted by Gasteiger charge is 2.29. The fourth-order valence-electron chi connectivity index (χ4n) is 4.19. The molecule has 2 fully saturated rings. The van der Waals surface area contributed by atoms with E-state index in [9.17, 15) is 4.39 Å². The third-order valence-corrected chi connectivity index (χ3v) is 6.24. The normalized spacial score (nSPS) is 17.6. The SMILES string of the molecule is CC(C)c1cc(Nc2ncn(-c3cccc(F)c3)n2)cc(N2CCN(C3COC3)CC2)c1. The van der Waals surface area contributed by atoms with E-state index in [0.717, 1.165) is 45.1 Å². The van der Waals surface area contributed by atoms with Crippen LogP contribution in [0.3, 0.4) is 0 Å². The van der Waals surface area contributed by atoms with Crippen LogP contribution in [-0.2, 0) is 4.74 Å². The summed E-state index contributed by atoms with van der Waals surface area (Å²) in [6.45, 7) is 10.3. The summed E-state index contributed by atoms with van der Waals surface area (Å²) < 4.78 is 20.5. The van der Waals surface area contributed by atoms with Crippen LogP contribution < -0.4 is 10.2 Å². The fraction of sp³-hybridized carbons (Fsp3) is 0.417. The lowest BCUT2D eigenvalue weighted by atomic mass is 10.0. The molecule has 0 unspecified atom stereocenters. The van der Waals surface area contributed by atoms with E-state index < -0.39 is 0 Å². The quantitative estimate of drug-likeness (QED) is 0.635. The van der Waals surface area contributed by atoms with Gasteiger partial charge in [0, 0.05) is 37.6 Å². The fourth-order valence-corrected chi connectivity index (χ4v) is 4.19. The summed E-state index contributed by atoms with van der Waals surface area (Å²) in [5.74, 6) is 0.587. The Kier molecular flexibility index (Phi) is 5.80. The molecule has 0 aliphatic carbocycles. The molecule has 0 radical (unpaired) electrons. The minimum absolute atomic E-state index is 0.299. The second-order valence-electron chi connectivity index (χ2n) is 8.80. The molecule has 8 heteroatoms. The summed E-state index contributed by atoms with van der Waals surface area (Å²) in [5, 5.41) is 7.81. The summed E-state index contributed by atoms with van der Waals surface area (Å²) in [5.41, 5.74) is 4.08. The first-order chi connectivity index (χ1) is 15.5. The van der Waals surface area contributed by atoms with E-state index in [1.165, 1.54) is 23.4 Å². The molecule has 7 nitrogen and oxygen atoms in total. The molecule has 0 spiro atoms. The van der Waals surface area contributed by atoms with Crippen molar-refractivity contribution in [3.05, 3.63) is 60.2 Å². The van der Waals surface area contributed by atoms with Gasteiger partial charge in [0.25, 0.3) is 0 Å². The highest BCUT2D eigenvalue weighted by Crippen LogP contribution is 2.29. The number of benzene rings is 2. The van der Waals surface area contributed by atoms with Gasteiger partial charge in [0.1, 0.15) is 12.1 Å². The van der Waals surface area contributed by atoms with Gasteiger partial charge in [-0.2, -0.15) is 4.98 Å². The second-order valence-corrected chi connectivity index (χ2v) is 8.80. The summed E-state index contributed by atoms with van der Waals surface area (Å²) in [6, 6.07) is 13.5. The van der Waals surface area contributed by atoms with Gasteiger partial charge in [0.15, 0.2) is 0 Å². The molecule has 2 aromatic carbocycles. The van der Waals surface area contributed by atoms with Crippen molar-refractivity contribution in [2.45, 2.75) is 25.8 Å². The topological polar surface area (TPSA) is 58.5 Å². The smallest absolute Gasteiger partial charge is 0.246 e. The molecular formula is C24H29FN6O. The van der Waals surface area contributed by atoms with Gasteiger partial charge in [-0.3, -0.25) is 4.90 Å². The minimum atomic E-state index is -0.299. The van der Waals surface area contributed by atoms with Crippen LogP contribution in [-0.4, -0.2) is 65.1 Å². The van der Waals surface area contributed by atoms with Crippen molar-refractivity contribution in [1.29, 1.82) is 0 Å². The van der Waals surface area contributed by atoms with Gasteiger partial charge in [-0.25, -0.2) is 9.07 Å². The van der Waals surface area contributed by atoms with Gasteiger partial charge in [-0.05, 0) is 47.9 Å². The molecule has 2 aliphatic rings. The van der Waals surface area contributed by atoms with Crippen LogP contribution in [0, 0.1) is 5.82 Å². The maximum absolute atomic E-state index is 13.5. The number of halogens is 1. The third kappa shape index (κ3) is 4.47. The van der Waals surface area contributed by atoms with Crippen molar-refractivity contribution >= 4 is 17.3 Å². The Morgan fingerprint density at radius 1 is 1.03 bits per heavy atom. The Labute approximate surface area is 187 Å². The number of hydrogen-bond acceptors (Lipinski definition) is 6. The van der Waals surface area contributed by atoms with Crippen molar-refractivity contribution in [1.82, 2.24) is 19.7 Å². The van der Waals surface area contributed by atoms with Crippen LogP contribution in [0.2, 0.25) is 0 Å². The Hall–Kier alpha value is -2.97. The molecule has 2 aliphatic heterocycles. The molecule has 32 heavy (non-hydrogen) atoms. The van der Waals surface area contributed by atoms with Crippen molar-refractivity contribution in [2.75, 3.05) is 49.6 Å². The number of rotatable bonds is 6. The minimum Gasteiger partial charge on any atom is -0.378 e. The Bertz CT molecular complexity index is 1070. The van der Waals surface area contributed by atoms with E-state index in [1.807, 2.05) is 0 Å². The molecule has 168 valence electrons. The standard InChI is InChI=1S/C24H29FN6O/c1-17(2)18-10-20(27-24-26-16-31(28-24)21-5-3-4-19(25)12-21)13-22(11-18)29-6-8-30(9-7-29)23-14-32-15-23/h3-5,10-13,16-17,23H,6-9,14-15H2,1-2H3,(H,27,28). The van der Waals surface area contributed by atoms with Gasteiger partial charge in [-0.1, -0.05) is 19.9 Å². The number of hydrogen-bond donors (Lipinski definition) is 1. The van der Waals surface area contributed by atoms with E-state index in [0.29, 0.717) is 23.6 Å². The average Bonchev–Trinajstić information content (AvgIpc) is 3.21. The van der Waals surface area contributed by atoms with Gasteiger partial charge >= 0.3 is 0 Å². The van der Waals surface area contributed by atoms with Gasteiger partial charge < -0.3 is 15.0 Å². The summed E-state index contributed by atoms with van der Waals surface area (Å²) >= 11 is 0. The van der Waals surface area contributed by atoms with Crippen LogP contribution in [0.15, 0.2) is 48.8 Å².